The highest BCUT2D eigenvalue weighted by atomic mass is 16.3. The lowest BCUT2D eigenvalue weighted by molar-refractivity contribution is 0.171. The first-order valence-electron chi connectivity index (χ1n) is 8.99. The fourth-order valence-electron chi connectivity index (χ4n) is 3.76. The Morgan fingerprint density at radius 1 is 1.09 bits per heavy atom. The molecule has 1 aromatic carbocycles. The van der Waals surface area contributed by atoms with Gasteiger partial charge in [-0.15, -0.1) is 0 Å². The fourth-order valence-corrected chi connectivity index (χ4v) is 3.76. The molecule has 0 spiro atoms. The van der Waals surface area contributed by atoms with Crippen LogP contribution in [0.5, 0.6) is 0 Å². The molecule has 0 saturated heterocycles. The molecule has 1 atom stereocenters. The van der Waals surface area contributed by atoms with Crippen molar-refractivity contribution in [3.63, 3.8) is 0 Å². The van der Waals surface area contributed by atoms with Gasteiger partial charge in [0.05, 0.1) is 6.04 Å². The van der Waals surface area contributed by atoms with E-state index >= 15 is 0 Å². The lowest BCUT2D eigenvalue weighted by atomic mass is 9.77. The number of urea groups is 1. The number of hydrogen-bond donors (Lipinski definition) is 3. The van der Waals surface area contributed by atoms with Crippen molar-refractivity contribution in [2.45, 2.75) is 57.0 Å². The van der Waals surface area contributed by atoms with Gasteiger partial charge in [0, 0.05) is 12.6 Å². The molecule has 4 heteroatoms. The molecule has 0 aromatic heterocycles. The maximum Gasteiger partial charge on any atom is 0.315 e. The largest absolute Gasteiger partial charge is 0.396 e. The normalized spacial score (nSPS) is 26.1. The van der Waals surface area contributed by atoms with Crippen LogP contribution in [-0.4, -0.2) is 23.8 Å². The fraction of sp³-hybridized carbons (Fsp3) is 0.632. The number of aliphatic hydroxyl groups is 1. The van der Waals surface area contributed by atoms with Crippen molar-refractivity contribution in [1.82, 2.24) is 10.6 Å². The molecule has 0 heterocycles. The van der Waals surface area contributed by atoms with Crippen molar-refractivity contribution in [1.29, 1.82) is 0 Å². The second-order valence-electron chi connectivity index (χ2n) is 7.10. The molecule has 0 bridgehead atoms. The van der Waals surface area contributed by atoms with Gasteiger partial charge in [0.25, 0.3) is 0 Å². The molecule has 2 saturated carbocycles. The maximum atomic E-state index is 12.4. The third-order valence-corrected chi connectivity index (χ3v) is 5.51. The molecule has 1 aromatic rings. The molecule has 1 unspecified atom stereocenters. The van der Waals surface area contributed by atoms with E-state index in [1.165, 1.54) is 24.8 Å². The third-order valence-electron chi connectivity index (χ3n) is 5.51. The predicted octanol–water partition coefficient (Wildman–Crippen LogP) is 3.38. The van der Waals surface area contributed by atoms with Crippen LogP contribution in [0.3, 0.4) is 0 Å². The number of nitrogens with one attached hydrogen (secondary N) is 2. The van der Waals surface area contributed by atoms with Crippen LogP contribution < -0.4 is 10.6 Å². The van der Waals surface area contributed by atoms with Crippen LogP contribution in [-0.2, 0) is 0 Å². The van der Waals surface area contributed by atoms with Crippen LogP contribution in [0.2, 0.25) is 0 Å². The Labute approximate surface area is 138 Å². The Kier molecular flexibility index (Phi) is 5.55. The first kappa shape index (κ1) is 16.3. The lowest BCUT2D eigenvalue weighted by Gasteiger charge is -2.35. The molecule has 2 fully saturated rings. The zero-order valence-electron chi connectivity index (χ0n) is 13.7. The predicted molar refractivity (Wildman–Crippen MR) is 91.0 cm³/mol. The number of rotatable bonds is 5. The van der Waals surface area contributed by atoms with Crippen LogP contribution in [0.4, 0.5) is 4.79 Å². The standard InChI is InChI=1S/C19H28N2O2/c22-13-14-9-11-17(12-10-14)20-19(23)21-18(16-7-4-8-16)15-5-2-1-3-6-15/h1-3,5-6,14,16-18,22H,4,7-13H2,(H2,20,21,23). The van der Waals surface area contributed by atoms with Crippen LogP contribution in [0.15, 0.2) is 30.3 Å². The minimum absolute atomic E-state index is 0.0433. The smallest absolute Gasteiger partial charge is 0.315 e. The summed E-state index contributed by atoms with van der Waals surface area (Å²) in [5.41, 5.74) is 1.20. The average molecular weight is 316 g/mol. The van der Waals surface area contributed by atoms with Crippen molar-refractivity contribution >= 4 is 6.03 Å². The number of carbonyl (C=O) groups excluding carboxylic acids is 1. The van der Waals surface area contributed by atoms with Gasteiger partial charge in [-0.25, -0.2) is 4.79 Å². The Morgan fingerprint density at radius 3 is 2.35 bits per heavy atom. The molecule has 4 nitrogen and oxygen atoms in total. The van der Waals surface area contributed by atoms with Gasteiger partial charge in [-0.3, -0.25) is 0 Å². The number of carbonyl (C=O) groups is 1. The summed E-state index contributed by atoms with van der Waals surface area (Å²) < 4.78 is 0. The van der Waals surface area contributed by atoms with Gasteiger partial charge < -0.3 is 15.7 Å². The highest BCUT2D eigenvalue weighted by Crippen LogP contribution is 2.37. The van der Waals surface area contributed by atoms with E-state index in [1.54, 1.807) is 0 Å². The lowest BCUT2D eigenvalue weighted by Crippen LogP contribution is -2.47. The number of benzene rings is 1. The van der Waals surface area contributed by atoms with E-state index in [9.17, 15) is 9.90 Å². The summed E-state index contributed by atoms with van der Waals surface area (Å²) >= 11 is 0. The SMILES string of the molecule is O=C(NC1CCC(CO)CC1)NC(c1ccccc1)C1CCC1. The molecule has 0 aliphatic heterocycles. The summed E-state index contributed by atoms with van der Waals surface area (Å²) in [5, 5.41) is 15.5. The molecule has 2 aliphatic rings. The Morgan fingerprint density at radius 2 is 1.78 bits per heavy atom. The second kappa shape index (κ2) is 7.82. The number of aliphatic hydroxyl groups excluding tert-OH is 1. The first-order valence-corrected chi connectivity index (χ1v) is 8.99. The van der Waals surface area contributed by atoms with Crippen LogP contribution in [0.25, 0.3) is 0 Å². The van der Waals surface area contributed by atoms with Gasteiger partial charge in [0.2, 0.25) is 0 Å². The molecule has 0 radical (unpaired) electrons. The summed E-state index contributed by atoms with van der Waals surface area (Å²) in [7, 11) is 0. The van der Waals surface area contributed by atoms with Crippen LogP contribution >= 0.6 is 0 Å². The van der Waals surface area contributed by atoms with Gasteiger partial charge in [-0.05, 0) is 55.9 Å². The van der Waals surface area contributed by atoms with E-state index in [4.69, 9.17) is 0 Å². The summed E-state index contributed by atoms with van der Waals surface area (Å²) in [5.74, 6) is 0.983. The maximum absolute atomic E-state index is 12.4. The van der Waals surface area contributed by atoms with E-state index in [2.05, 4.69) is 22.8 Å². The zero-order chi connectivity index (χ0) is 16.1. The minimum atomic E-state index is -0.0433. The molecule has 2 aliphatic carbocycles. The first-order chi connectivity index (χ1) is 11.3. The molecule has 3 N–H and O–H groups in total. The third kappa shape index (κ3) is 4.25. The summed E-state index contributed by atoms with van der Waals surface area (Å²) in [6, 6.07) is 10.6. The average Bonchev–Trinajstić information content (AvgIpc) is 2.54. The highest BCUT2D eigenvalue weighted by molar-refractivity contribution is 5.74. The van der Waals surface area contributed by atoms with Crippen LogP contribution in [0, 0.1) is 11.8 Å². The van der Waals surface area contributed by atoms with Gasteiger partial charge in [0.15, 0.2) is 0 Å². The monoisotopic (exact) mass is 316 g/mol. The van der Waals surface area contributed by atoms with E-state index in [0.717, 1.165) is 25.7 Å². The Hall–Kier alpha value is -1.55. The topological polar surface area (TPSA) is 61.4 Å². The summed E-state index contributed by atoms with van der Waals surface area (Å²) in [6.45, 7) is 0.274. The van der Waals surface area contributed by atoms with Crippen molar-refractivity contribution in [2.75, 3.05) is 6.61 Å². The highest BCUT2D eigenvalue weighted by Gasteiger charge is 2.30. The summed E-state index contributed by atoms with van der Waals surface area (Å²) in [4.78, 5) is 12.4. The van der Waals surface area contributed by atoms with E-state index in [-0.39, 0.29) is 24.7 Å². The van der Waals surface area contributed by atoms with E-state index < -0.39 is 0 Å². The second-order valence-corrected chi connectivity index (χ2v) is 7.10. The van der Waals surface area contributed by atoms with Gasteiger partial charge in [0.1, 0.15) is 0 Å². The van der Waals surface area contributed by atoms with Crippen molar-refractivity contribution in [3.8, 4) is 0 Å². The van der Waals surface area contributed by atoms with Gasteiger partial charge in [-0.2, -0.15) is 0 Å². The van der Waals surface area contributed by atoms with Crippen molar-refractivity contribution in [3.05, 3.63) is 35.9 Å². The van der Waals surface area contributed by atoms with Crippen molar-refractivity contribution < 1.29 is 9.90 Å². The molecule has 23 heavy (non-hydrogen) atoms. The summed E-state index contributed by atoms with van der Waals surface area (Å²) in [6.07, 6.45) is 7.61. The van der Waals surface area contributed by atoms with Gasteiger partial charge in [-0.1, -0.05) is 36.8 Å². The number of hydrogen-bond acceptors (Lipinski definition) is 2. The molecule has 2 amide bonds. The molecule has 126 valence electrons. The molecular formula is C19H28N2O2. The minimum Gasteiger partial charge on any atom is -0.396 e. The quantitative estimate of drug-likeness (QED) is 0.780. The Balaban J connectivity index is 1.54. The molecule has 3 rings (SSSR count). The van der Waals surface area contributed by atoms with E-state index in [1.807, 2.05) is 18.2 Å². The van der Waals surface area contributed by atoms with Crippen LogP contribution in [0.1, 0.15) is 56.6 Å². The zero-order valence-corrected chi connectivity index (χ0v) is 13.7. The molecular weight excluding hydrogens is 288 g/mol. The van der Waals surface area contributed by atoms with Gasteiger partial charge >= 0.3 is 6.03 Å². The van der Waals surface area contributed by atoms with E-state index in [0.29, 0.717) is 11.8 Å². The van der Waals surface area contributed by atoms with Crippen molar-refractivity contribution in [2.24, 2.45) is 11.8 Å². The Bertz CT molecular complexity index is 493. The number of amides is 2.